The number of H-pyrrole nitrogens is 1. The fourth-order valence-electron chi connectivity index (χ4n) is 1.96. The summed E-state index contributed by atoms with van der Waals surface area (Å²) in [7, 11) is 0. The van der Waals surface area contributed by atoms with Gasteiger partial charge in [0.1, 0.15) is 5.75 Å². The molecule has 2 heterocycles. The van der Waals surface area contributed by atoms with E-state index in [0.29, 0.717) is 16.7 Å². The molecule has 0 spiro atoms. The highest BCUT2D eigenvalue weighted by Gasteiger charge is 2.05. The lowest BCUT2D eigenvalue weighted by atomic mass is 10.2. The lowest BCUT2D eigenvalue weighted by molar-refractivity contribution is 0.442. The van der Waals surface area contributed by atoms with Gasteiger partial charge in [-0.1, -0.05) is 19.1 Å². The molecule has 0 atom stereocenters. The normalized spacial score (nSPS) is 10.7. The van der Waals surface area contributed by atoms with Crippen molar-refractivity contribution >= 4 is 10.9 Å². The molecule has 3 aromatic rings. The summed E-state index contributed by atoms with van der Waals surface area (Å²) in [6, 6.07) is 9.48. The molecule has 5 heteroatoms. The van der Waals surface area contributed by atoms with E-state index < -0.39 is 0 Å². The first-order valence-corrected chi connectivity index (χ1v) is 6.37. The van der Waals surface area contributed by atoms with Crippen LogP contribution >= 0.6 is 0 Å². The second-order valence-electron chi connectivity index (χ2n) is 4.37. The highest BCUT2D eigenvalue weighted by molar-refractivity contribution is 5.76. The minimum absolute atomic E-state index is 0.170. The summed E-state index contributed by atoms with van der Waals surface area (Å²) in [5.74, 6) is 0.649. The van der Waals surface area contributed by atoms with Crippen molar-refractivity contribution in [1.29, 1.82) is 0 Å². The summed E-state index contributed by atoms with van der Waals surface area (Å²) < 4.78 is 5.62. The Morgan fingerprint density at radius 2 is 2.20 bits per heavy atom. The molecule has 0 aliphatic carbocycles. The van der Waals surface area contributed by atoms with Gasteiger partial charge in [0, 0.05) is 6.20 Å². The highest BCUT2D eigenvalue weighted by atomic mass is 16.5. The predicted molar refractivity (Wildman–Crippen MR) is 76.1 cm³/mol. The first-order valence-electron chi connectivity index (χ1n) is 6.37. The molecule has 0 aliphatic rings. The van der Waals surface area contributed by atoms with Crippen LogP contribution in [0.1, 0.15) is 12.5 Å². The predicted octanol–water partition coefficient (Wildman–Crippen LogP) is 2.67. The molecule has 3 rings (SSSR count). The fourth-order valence-corrected chi connectivity index (χ4v) is 1.96. The third-order valence-corrected chi connectivity index (χ3v) is 3.01. The van der Waals surface area contributed by atoms with Crippen LogP contribution in [0.15, 0.2) is 47.5 Å². The van der Waals surface area contributed by atoms with Gasteiger partial charge in [-0.25, -0.2) is 0 Å². The summed E-state index contributed by atoms with van der Waals surface area (Å²) >= 11 is 0. The number of aromatic nitrogens is 3. The zero-order valence-corrected chi connectivity index (χ0v) is 11.0. The molecule has 1 aromatic carbocycles. The second-order valence-corrected chi connectivity index (χ2v) is 4.37. The zero-order valence-electron chi connectivity index (χ0n) is 11.0. The lowest BCUT2D eigenvalue weighted by Crippen LogP contribution is -2.09. The summed E-state index contributed by atoms with van der Waals surface area (Å²) in [6.07, 6.45) is 4.02. The molecule has 0 saturated carbocycles. The summed E-state index contributed by atoms with van der Waals surface area (Å²) in [5.41, 5.74) is 1.43. The Balaban J connectivity index is 2.00. The third kappa shape index (κ3) is 2.38. The van der Waals surface area contributed by atoms with Crippen molar-refractivity contribution in [2.75, 3.05) is 0 Å². The smallest absolute Gasteiger partial charge is 0.302 e. The molecule has 0 amide bonds. The molecule has 0 radical (unpaired) electrons. The van der Waals surface area contributed by atoms with Crippen LogP contribution in [0, 0.1) is 0 Å². The van der Waals surface area contributed by atoms with Crippen molar-refractivity contribution in [2.45, 2.75) is 13.3 Å². The first kappa shape index (κ1) is 12.3. The van der Waals surface area contributed by atoms with Gasteiger partial charge in [-0.3, -0.25) is 14.8 Å². The Hall–Kier alpha value is -2.69. The average Bonchev–Trinajstić information content (AvgIpc) is 2.47. The largest absolute Gasteiger partial charge is 0.426 e. The van der Waals surface area contributed by atoms with Crippen molar-refractivity contribution in [2.24, 2.45) is 0 Å². The summed E-state index contributed by atoms with van der Waals surface area (Å²) in [5, 5.41) is 0.495. The van der Waals surface area contributed by atoms with Gasteiger partial charge in [0.2, 0.25) is 0 Å². The van der Waals surface area contributed by atoms with E-state index in [9.17, 15) is 4.79 Å². The number of fused-ring (bicyclic) bond motifs is 1. The molecular formula is C15H13N3O2. The Morgan fingerprint density at radius 3 is 3.05 bits per heavy atom. The number of hydrogen-bond acceptors (Lipinski definition) is 4. The monoisotopic (exact) mass is 267 g/mol. The van der Waals surface area contributed by atoms with Gasteiger partial charge in [0.05, 0.1) is 17.1 Å². The molecule has 20 heavy (non-hydrogen) atoms. The van der Waals surface area contributed by atoms with Crippen molar-refractivity contribution in [3.8, 4) is 11.8 Å². The minimum Gasteiger partial charge on any atom is -0.426 e. The van der Waals surface area contributed by atoms with Crippen LogP contribution in [0.25, 0.3) is 10.9 Å². The molecular weight excluding hydrogens is 254 g/mol. The van der Waals surface area contributed by atoms with Crippen molar-refractivity contribution in [1.82, 2.24) is 15.0 Å². The number of nitrogens with one attached hydrogen (secondary N) is 1. The number of rotatable bonds is 3. The van der Waals surface area contributed by atoms with Crippen LogP contribution in [0.2, 0.25) is 0 Å². The van der Waals surface area contributed by atoms with Gasteiger partial charge < -0.3 is 4.74 Å². The van der Waals surface area contributed by atoms with Crippen molar-refractivity contribution in [3.63, 3.8) is 0 Å². The number of pyridine rings is 1. The van der Waals surface area contributed by atoms with Gasteiger partial charge >= 0.3 is 6.01 Å². The molecule has 5 nitrogen and oxygen atoms in total. The van der Waals surface area contributed by atoms with E-state index in [1.165, 1.54) is 0 Å². The van der Waals surface area contributed by atoms with E-state index in [2.05, 4.69) is 21.9 Å². The number of hydrogen-bond donors (Lipinski definition) is 1. The maximum absolute atomic E-state index is 11.9. The van der Waals surface area contributed by atoms with Gasteiger partial charge in [-0.05, 0) is 30.2 Å². The molecule has 0 saturated heterocycles. The maximum atomic E-state index is 11.9. The Bertz CT molecular complexity index is 811. The minimum atomic E-state index is -0.237. The van der Waals surface area contributed by atoms with Crippen molar-refractivity contribution in [3.05, 3.63) is 58.6 Å². The van der Waals surface area contributed by atoms with Gasteiger partial charge in [0.25, 0.3) is 5.56 Å². The number of aryl methyl sites for hydroxylation is 1. The summed E-state index contributed by atoms with van der Waals surface area (Å²) in [6.45, 7) is 2.07. The van der Waals surface area contributed by atoms with Gasteiger partial charge in [0.15, 0.2) is 0 Å². The molecule has 2 aromatic heterocycles. The van der Waals surface area contributed by atoms with E-state index in [0.717, 1.165) is 12.0 Å². The van der Waals surface area contributed by atoms with Crippen LogP contribution in [-0.2, 0) is 6.42 Å². The van der Waals surface area contributed by atoms with E-state index in [1.54, 1.807) is 18.5 Å². The second kappa shape index (κ2) is 5.13. The van der Waals surface area contributed by atoms with E-state index in [-0.39, 0.29) is 11.6 Å². The van der Waals surface area contributed by atoms with Crippen molar-refractivity contribution < 1.29 is 4.74 Å². The number of benzene rings is 1. The standard InChI is InChI=1S/C15H13N3O2/c1-2-10-4-3-5-11(8-10)20-15-17-13-9-16-7-6-12(13)14(19)18-15/h3-9H,2H2,1H3,(H,17,18,19). The molecule has 1 N–H and O–H groups in total. The van der Waals surface area contributed by atoms with Crippen LogP contribution in [0.3, 0.4) is 0 Å². The Morgan fingerprint density at radius 1 is 1.30 bits per heavy atom. The zero-order chi connectivity index (χ0) is 13.9. The number of nitrogens with zero attached hydrogens (tertiary/aromatic N) is 2. The van der Waals surface area contributed by atoms with Crippen LogP contribution < -0.4 is 10.3 Å². The van der Waals surface area contributed by atoms with E-state index >= 15 is 0 Å². The van der Waals surface area contributed by atoms with E-state index in [1.807, 2.05) is 24.3 Å². The topological polar surface area (TPSA) is 67.9 Å². The molecule has 0 aliphatic heterocycles. The van der Waals surface area contributed by atoms with E-state index in [4.69, 9.17) is 4.74 Å². The third-order valence-electron chi connectivity index (χ3n) is 3.01. The molecule has 0 fully saturated rings. The Labute approximate surface area is 115 Å². The quantitative estimate of drug-likeness (QED) is 0.792. The number of aromatic amines is 1. The Kier molecular flexibility index (Phi) is 3.16. The van der Waals surface area contributed by atoms with Gasteiger partial charge in [-0.15, -0.1) is 0 Å². The average molecular weight is 267 g/mol. The van der Waals surface area contributed by atoms with Crippen LogP contribution in [0.5, 0.6) is 11.8 Å². The molecule has 100 valence electrons. The molecule has 0 unspecified atom stereocenters. The number of ether oxygens (including phenoxy) is 1. The fraction of sp³-hybridized carbons (Fsp3) is 0.133. The summed E-state index contributed by atoms with van der Waals surface area (Å²) in [4.78, 5) is 22.7. The first-order chi connectivity index (χ1) is 9.76. The van der Waals surface area contributed by atoms with Gasteiger partial charge in [-0.2, -0.15) is 4.98 Å². The van der Waals surface area contributed by atoms with Crippen LogP contribution in [-0.4, -0.2) is 15.0 Å². The maximum Gasteiger partial charge on any atom is 0.302 e. The lowest BCUT2D eigenvalue weighted by Gasteiger charge is -2.06. The molecule has 0 bridgehead atoms. The van der Waals surface area contributed by atoms with Crippen LogP contribution in [0.4, 0.5) is 0 Å². The highest BCUT2D eigenvalue weighted by Crippen LogP contribution is 2.19. The SMILES string of the molecule is CCc1cccc(Oc2nc3cnccc3c(=O)[nH]2)c1.